The number of nitrogens with one attached hydrogen (secondary N) is 2. The van der Waals surface area contributed by atoms with Crippen LogP contribution in [0, 0.1) is 0 Å². The second kappa shape index (κ2) is 16.5. The summed E-state index contributed by atoms with van der Waals surface area (Å²) < 4.78 is 32.9. The number of aromatic amines is 1. The van der Waals surface area contributed by atoms with E-state index in [1.807, 2.05) is 26.8 Å². The zero-order valence-electron chi connectivity index (χ0n) is 22.8. The van der Waals surface area contributed by atoms with Gasteiger partial charge in [-0.3, -0.25) is 14.3 Å². The minimum atomic E-state index is -2.81. The third kappa shape index (κ3) is 9.98. The van der Waals surface area contributed by atoms with E-state index in [1.165, 1.54) is 0 Å². The lowest BCUT2D eigenvalue weighted by Gasteiger charge is -2.28. The van der Waals surface area contributed by atoms with E-state index in [0.29, 0.717) is 38.8 Å². The second-order valence-electron chi connectivity index (χ2n) is 8.06. The molecule has 0 saturated heterocycles. The predicted molar refractivity (Wildman–Crippen MR) is 143 cm³/mol. The highest BCUT2D eigenvalue weighted by atomic mass is 28.4. The summed E-state index contributed by atoms with van der Waals surface area (Å²) in [6, 6.07) is 9.50. The summed E-state index contributed by atoms with van der Waals surface area (Å²) in [4.78, 5) is 51.9. The largest absolute Gasteiger partial charge is 0.514 e. The molecule has 1 amide bonds. The fraction of sp³-hybridized carbons (Fsp3) is 0.520. The maximum absolute atomic E-state index is 13.1. The molecule has 0 bridgehead atoms. The van der Waals surface area contributed by atoms with E-state index < -0.39 is 32.3 Å². The summed E-state index contributed by atoms with van der Waals surface area (Å²) in [5, 5.41) is 2.63. The van der Waals surface area contributed by atoms with Crippen LogP contribution >= 0.6 is 0 Å². The molecule has 1 aromatic heterocycles. The molecule has 14 heteroatoms. The van der Waals surface area contributed by atoms with Crippen molar-refractivity contribution < 1.29 is 37.1 Å². The molecule has 2 N–H and O–H groups in total. The van der Waals surface area contributed by atoms with Gasteiger partial charge in [-0.2, -0.15) is 0 Å². The highest BCUT2D eigenvalue weighted by molar-refractivity contribution is 6.60. The first kappa shape index (κ1) is 31.8. The van der Waals surface area contributed by atoms with E-state index in [1.54, 1.807) is 24.3 Å². The number of methoxy groups -OCH3 is 1. The van der Waals surface area contributed by atoms with Gasteiger partial charge in [-0.15, -0.1) is 0 Å². The van der Waals surface area contributed by atoms with Crippen molar-refractivity contribution in [3.05, 3.63) is 62.3 Å². The van der Waals surface area contributed by atoms with E-state index in [9.17, 15) is 19.2 Å². The van der Waals surface area contributed by atoms with Crippen molar-refractivity contribution in [1.29, 1.82) is 0 Å². The molecule has 2 aromatic rings. The first-order valence-electron chi connectivity index (χ1n) is 12.8. The maximum Gasteiger partial charge on any atom is 0.514 e. The van der Waals surface area contributed by atoms with Crippen LogP contribution in [0.2, 0.25) is 6.04 Å². The van der Waals surface area contributed by atoms with Gasteiger partial charge in [0.15, 0.2) is 0 Å². The van der Waals surface area contributed by atoms with Crippen LogP contribution in [0.15, 0.2) is 39.9 Å². The number of ether oxygens (including phenoxy) is 3. The van der Waals surface area contributed by atoms with Gasteiger partial charge < -0.3 is 32.8 Å². The van der Waals surface area contributed by atoms with Crippen molar-refractivity contribution in [3.63, 3.8) is 0 Å². The lowest BCUT2D eigenvalue weighted by atomic mass is 10.1. The Kier molecular flexibility index (Phi) is 13.4. The topological polar surface area (TPSA) is 156 Å². The minimum Gasteiger partial charge on any atom is -0.448 e. The molecule has 0 atom stereocenters. The van der Waals surface area contributed by atoms with Gasteiger partial charge in [-0.1, -0.05) is 30.3 Å². The number of alkyl carbamates (subject to hydrolysis) is 1. The summed E-state index contributed by atoms with van der Waals surface area (Å²) in [5.41, 5.74) is -0.719. The molecule has 0 radical (unpaired) electrons. The van der Waals surface area contributed by atoms with Crippen LogP contribution in [0.4, 0.5) is 9.59 Å². The van der Waals surface area contributed by atoms with Gasteiger partial charge in [-0.25, -0.2) is 14.4 Å². The molecule has 0 unspecified atom stereocenters. The number of aromatic nitrogens is 2. The number of carbonyl (C=O) groups excluding carboxylic acids is 2. The first-order valence-corrected chi connectivity index (χ1v) is 14.7. The van der Waals surface area contributed by atoms with Crippen molar-refractivity contribution in [2.24, 2.45) is 0 Å². The Balaban J connectivity index is 2.00. The Hall–Kier alpha value is -3.46. The van der Waals surface area contributed by atoms with Crippen molar-refractivity contribution in [2.75, 3.05) is 40.1 Å². The van der Waals surface area contributed by atoms with Crippen molar-refractivity contribution in [1.82, 2.24) is 14.9 Å². The fourth-order valence-corrected chi connectivity index (χ4v) is 6.35. The van der Waals surface area contributed by atoms with Crippen LogP contribution in [0.25, 0.3) is 0 Å². The van der Waals surface area contributed by atoms with Gasteiger partial charge >= 0.3 is 26.7 Å². The average molecular weight is 568 g/mol. The van der Waals surface area contributed by atoms with Crippen molar-refractivity contribution in [3.8, 4) is 5.88 Å². The number of H-pyrrole nitrogens is 1. The van der Waals surface area contributed by atoms with Crippen molar-refractivity contribution in [2.45, 2.75) is 46.2 Å². The molecular formula is C25H37N3O10Si. The average Bonchev–Trinajstić information content (AvgIpc) is 2.91. The second-order valence-corrected chi connectivity index (χ2v) is 10.8. The maximum atomic E-state index is 13.1. The number of carbonyl (C=O) groups is 2. The summed E-state index contributed by atoms with van der Waals surface area (Å²) in [6.45, 7) is 6.84. The Bertz CT molecular complexity index is 1150. The van der Waals surface area contributed by atoms with Crippen LogP contribution < -0.4 is 21.3 Å². The van der Waals surface area contributed by atoms with Gasteiger partial charge in [0.1, 0.15) is 6.61 Å². The van der Waals surface area contributed by atoms with Gasteiger partial charge in [0.25, 0.3) is 5.56 Å². The van der Waals surface area contributed by atoms with Gasteiger partial charge in [0.05, 0.1) is 19.2 Å². The Morgan fingerprint density at radius 2 is 1.64 bits per heavy atom. The van der Waals surface area contributed by atoms with Crippen molar-refractivity contribution >= 4 is 21.1 Å². The SMILES string of the molecule is CCO[Si](CCCNC(=O)OCCn1c(=O)[nH]c(OC(=O)OC)c(Cc2ccccc2)c1=O)(OCC)OCC. The normalized spacial score (nSPS) is 11.2. The van der Waals surface area contributed by atoms with Gasteiger partial charge in [0.2, 0.25) is 5.88 Å². The lowest BCUT2D eigenvalue weighted by molar-refractivity contribution is 0.0706. The summed E-state index contributed by atoms with van der Waals surface area (Å²) in [5.74, 6) is -0.304. The Morgan fingerprint density at radius 1 is 1.00 bits per heavy atom. The fourth-order valence-electron chi connectivity index (χ4n) is 3.74. The van der Waals surface area contributed by atoms with Crippen LogP contribution in [0.5, 0.6) is 5.88 Å². The monoisotopic (exact) mass is 567 g/mol. The van der Waals surface area contributed by atoms with Crippen LogP contribution in [0.3, 0.4) is 0 Å². The smallest absolute Gasteiger partial charge is 0.448 e. The van der Waals surface area contributed by atoms with E-state index in [-0.39, 0.29) is 31.0 Å². The lowest BCUT2D eigenvalue weighted by Crippen LogP contribution is -2.46. The molecule has 1 heterocycles. The molecule has 0 aliphatic rings. The molecule has 2 rings (SSSR count). The quantitative estimate of drug-likeness (QED) is 0.175. The number of benzene rings is 1. The summed E-state index contributed by atoms with van der Waals surface area (Å²) >= 11 is 0. The van der Waals surface area contributed by atoms with E-state index in [4.69, 9.17) is 22.8 Å². The molecule has 13 nitrogen and oxygen atoms in total. The number of hydrogen-bond acceptors (Lipinski definition) is 10. The van der Waals surface area contributed by atoms with Crippen LogP contribution in [-0.4, -0.2) is 70.7 Å². The highest BCUT2D eigenvalue weighted by Gasteiger charge is 2.39. The number of nitrogens with zero attached hydrogens (tertiary/aromatic N) is 1. The molecular weight excluding hydrogens is 530 g/mol. The standard InChI is InChI=1S/C25H37N3O10Si/c1-5-35-39(36-6-2,37-7-3)17-11-14-26-24(31)34-16-15-28-22(29)20(18-19-12-9-8-10-13-19)21(27-23(28)30)38-25(32)33-4/h8-10,12-13H,5-7,11,14-18H2,1-4H3,(H,26,31)(H,27,30). The summed E-state index contributed by atoms with van der Waals surface area (Å²) in [7, 11) is -1.70. The van der Waals surface area contributed by atoms with E-state index in [0.717, 1.165) is 17.2 Å². The minimum absolute atomic E-state index is 0.0428. The van der Waals surface area contributed by atoms with Crippen LogP contribution in [0.1, 0.15) is 38.3 Å². The number of hydrogen-bond donors (Lipinski definition) is 2. The molecule has 0 fully saturated rings. The predicted octanol–water partition coefficient (Wildman–Crippen LogP) is 2.44. The van der Waals surface area contributed by atoms with Gasteiger partial charge in [-0.05, 0) is 32.8 Å². The van der Waals surface area contributed by atoms with E-state index >= 15 is 0 Å². The highest BCUT2D eigenvalue weighted by Crippen LogP contribution is 2.18. The number of amides is 1. The molecule has 39 heavy (non-hydrogen) atoms. The molecule has 0 spiro atoms. The van der Waals surface area contributed by atoms with Crippen LogP contribution in [-0.2, 0) is 35.7 Å². The Labute approximate surface area is 227 Å². The third-order valence-corrected chi connectivity index (χ3v) is 8.54. The zero-order valence-corrected chi connectivity index (χ0v) is 23.8. The Morgan fingerprint density at radius 3 is 2.23 bits per heavy atom. The summed E-state index contributed by atoms with van der Waals surface area (Å²) in [6.07, 6.45) is -1.16. The molecule has 0 saturated carbocycles. The van der Waals surface area contributed by atoms with E-state index in [2.05, 4.69) is 15.0 Å². The molecule has 216 valence electrons. The first-order chi connectivity index (χ1) is 18.8. The molecule has 1 aromatic carbocycles. The number of rotatable bonds is 16. The third-order valence-electron chi connectivity index (χ3n) is 5.39. The molecule has 0 aliphatic heterocycles. The van der Waals surface area contributed by atoms with Gasteiger partial charge in [0, 0.05) is 38.8 Å². The zero-order chi connectivity index (χ0) is 28.7. The molecule has 0 aliphatic carbocycles.